The van der Waals surface area contributed by atoms with Gasteiger partial charge in [0.15, 0.2) is 0 Å². The molecule has 0 aromatic carbocycles. The highest BCUT2D eigenvalue weighted by atomic mass is 16.2. The van der Waals surface area contributed by atoms with Gasteiger partial charge in [0, 0.05) is 0 Å². The first-order valence-electron chi connectivity index (χ1n) is 4.18. The fourth-order valence-electron chi connectivity index (χ4n) is 1.87. The summed E-state index contributed by atoms with van der Waals surface area (Å²) in [5.74, 6) is -0.0214. The maximum atomic E-state index is 10.9. The second-order valence-corrected chi connectivity index (χ2v) is 3.34. The van der Waals surface area contributed by atoms with Crippen molar-refractivity contribution in [2.75, 3.05) is 0 Å². The molecular weight excluding hydrogens is 140 g/mol. The number of carbonyl (C=O) groups excluding carboxylic acids is 1. The summed E-state index contributed by atoms with van der Waals surface area (Å²) in [5.41, 5.74) is -0.185. The Labute approximate surface area is 65.9 Å². The van der Waals surface area contributed by atoms with Gasteiger partial charge in [0.2, 0.25) is 0 Å². The predicted octanol–water partition coefficient (Wildman–Crippen LogP) is 0.847. The second kappa shape index (κ2) is 2.32. The van der Waals surface area contributed by atoms with E-state index >= 15 is 0 Å². The lowest BCUT2D eigenvalue weighted by molar-refractivity contribution is -0.115. The first kappa shape index (κ1) is 6.83. The quantitative estimate of drug-likeness (QED) is 0.549. The van der Waals surface area contributed by atoms with Crippen LogP contribution in [0.25, 0.3) is 0 Å². The van der Waals surface area contributed by atoms with Crippen LogP contribution in [0, 0.1) is 0 Å². The van der Waals surface area contributed by atoms with Crippen molar-refractivity contribution >= 4 is 12.1 Å². The number of nitrogens with zero attached hydrogens (tertiary/aromatic N) is 1. The summed E-state index contributed by atoms with van der Waals surface area (Å²) in [7, 11) is 0. The van der Waals surface area contributed by atoms with Crippen molar-refractivity contribution in [3.8, 4) is 0 Å². The number of hydrogen-bond donors (Lipinski definition) is 1. The number of carbonyl (C=O) groups is 1. The molecule has 3 heteroatoms. The summed E-state index contributed by atoms with van der Waals surface area (Å²) < 4.78 is 0. The molecule has 1 N–H and O–H groups in total. The van der Waals surface area contributed by atoms with Crippen molar-refractivity contribution in [3.05, 3.63) is 0 Å². The Morgan fingerprint density at radius 3 is 2.64 bits per heavy atom. The number of aliphatic imine (C=N–C) groups is 1. The summed E-state index contributed by atoms with van der Waals surface area (Å²) in [6.45, 7) is 0. The minimum Gasteiger partial charge on any atom is -0.327 e. The maximum Gasteiger partial charge on any atom is 0.263 e. The molecule has 2 aliphatic rings. The molecule has 2 rings (SSSR count). The maximum absolute atomic E-state index is 10.9. The Kier molecular flexibility index (Phi) is 1.44. The molecule has 0 aromatic rings. The Balaban J connectivity index is 2.10. The summed E-state index contributed by atoms with van der Waals surface area (Å²) in [6, 6.07) is 0. The van der Waals surface area contributed by atoms with Gasteiger partial charge >= 0.3 is 0 Å². The molecule has 1 spiro atoms. The molecule has 1 amide bonds. The minimum atomic E-state index is -0.185. The van der Waals surface area contributed by atoms with Gasteiger partial charge in [-0.05, 0) is 25.7 Å². The van der Waals surface area contributed by atoms with E-state index < -0.39 is 0 Å². The van der Waals surface area contributed by atoms with Crippen LogP contribution in [0.3, 0.4) is 0 Å². The fourth-order valence-corrected chi connectivity index (χ4v) is 1.87. The molecule has 0 unspecified atom stereocenters. The first-order valence-corrected chi connectivity index (χ1v) is 4.18. The molecule has 0 atom stereocenters. The second-order valence-electron chi connectivity index (χ2n) is 3.34. The average Bonchev–Trinajstić information content (AvgIpc) is 2.34. The Morgan fingerprint density at radius 1 is 1.36 bits per heavy atom. The lowest BCUT2D eigenvalue weighted by atomic mass is 9.90. The highest BCUT2D eigenvalue weighted by molar-refractivity contribution is 6.28. The van der Waals surface area contributed by atoms with Gasteiger partial charge in [-0.3, -0.25) is 9.79 Å². The molecular formula is C8H12N2O. The van der Waals surface area contributed by atoms with Crippen LogP contribution in [-0.4, -0.2) is 17.8 Å². The summed E-state index contributed by atoms with van der Waals surface area (Å²) >= 11 is 0. The molecule has 1 aliphatic carbocycles. The van der Waals surface area contributed by atoms with Gasteiger partial charge in [-0.1, -0.05) is 6.42 Å². The van der Waals surface area contributed by atoms with Gasteiger partial charge in [0.25, 0.3) is 5.91 Å². The van der Waals surface area contributed by atoms with Crippen molar-refractivity contribution in [1.29, 1.82) is 0 Å². The largest absolute Gasteiger partial charge is 0.327 e. The number of nitrogens with one attached hydrogen (secondary N) is 1. The van der Waals surface area contributed by atoms with E-state index in [9.17, 15) is 4.79 Å². The van der Waals surface area contributed by atoms with Gasteiger partial charge in [0.1, 0.15) is 5.66 Å². The predicted molar refractivity (Wildman–Crippen MR) is 42.5 cm³/mol. The van der Waals surface area contributed by atoms with E-state index in [-0.39, 0.29) is 11.6 Å². The molecule has 1 heterocycles. The monoisotopic (exact) mass is 152 g/mol. The lowest BCUT2D eigenvalue weighted by Gasteiger charge is -2.30. The standard InChI is InChI=1S/C8H12N2O/c11-7-6-9-8(10-7)4-2-1-3-5-8/h6H,1-5H2,(H,10,11). The highest BCUT2D eigenvalue weighted by Gasteiger charge is 2.35. The molecule has 11 heavy (non-hydrogen) atoms. The van der Waals surface area contributed by atoms with Gasteiger partial charge in [-0.2, -0.15) is 0 Å². The fraction of sp³-hybridized carbons (Fsp3) is 0.750. The molecule has 0 bridgehead atoms. The van der Waals surface area contributed by atoms with E-state index in [0.29, 0.717) is 0 Å². The van der Waals surface area contributed by atoms with Crippen LogP contribution >= 0.6 is 0 Å². The topological polar surface area (TPSA) is 41.5 Å². The normalized spacial score (nSPS) is 27.5. The third-order valence-electron chi connectivity index (χ3n) is 2.47. The first-order chi connectivity index (χ1) is 5.31. The van der Waals surface area contributed by atoms with E-state index in [1.165, 1.54) is 25.5 Å². The van der Waals surface area contributed by atoms with Crippen molar-refractivity contribution in [3.63, 3.8) is 0 Å². The van der Waals surface area contributed by atoms with Crippen LogP contribution < -0.4 is 5.32 Å². The molecule has 0 saturated heterocycles. The van der Waals surface area contributed by atoms with Crippen molar-refractivity contribution in [2.45, 2.75) is 37.8 Å². The van der Waals surface area contributed by atoms with Crippen LogP contribution in [-0.2, 0) is 4.79 Å². The zero-order valence-electron chi connectivity index (χ0n) is 6.47. The lowest BCUT2D eigenvalue weighted by Crippen LogP contribution is -2.43. The number of rotatable bonds is 0. The smallest absolute Gasteiger partial charge is 0.263 e. The van der Waals surface area contributed by atoms with Crippen LogP contribution in [0.15, 0.2) is 4.99 Å². The van der Waals surface area contributed by atoms with E-state index in [4.69, 9.17) is 0 Å². The third kappa shape index (κ3) is 1.15. The van der Waals surface area contributed by atoms with Gasteiger partial charge < -0.3 is 5.32 Å². The molecule has 1 aliphatic heterocycles. The van der Waals surface area contributed by atoms with E-state index in [1.54, 1.807) is 0 Å². The summed E-state index contributed by atoms with van der Waals surface area (Å²) in [6.07, 6.45) is 7.14. The Hall–Kier alpha value is -0.860. The zero-order valence-corrected chi connectivity index (χ0v) is 6.47. The van der Waals surface area contributed by atoms with Gasteiger partial charge in [0.05, 0.1) is 6.21 Å². The van der Waals surface area contributed by atoms with Crippen LogP contribution in [0.1, 0.15) is 32.1 Å². The Bertz CT molecular complexity index is 204. The average molecular weight is 152 g/mol. The van der Waals surface area contributed by atoms with E-state index in [2.05, 4.69) is 10.3 Å². The SMILES string of the molecule is O=C1C=NC2(CCCCC2)N1. The molecule has 1 saturated carbocycles. The van der Waals surface area contributed by atoms with E-state index in [1.807, 2.05) is 0 Å². The number of amides is 1. The Morgan fingerprint density at radius 2 is 2.09 bits per heavy atom. The third-order valence-corrected chi connectivity index (χ3v) is 2.47. The van der Waals surface area contributed by atoms with Gasteiger partial charge in [-0.15, -0.1) is 0 Å². The molecule has 0 radical (unpaired) electrons. The molecule has 0 aromatic heterocycles. The van der Waals surface area contributed by atoms with Crippen molar-refractivity contribution in [1.82, 2.24) is 5.32 Å². The zero-order chi connectivity index (χ0) is 7.73. The number of hydrogen-bond acceptors (Lipinski definition) is 2. The summed E-state index contributed by atoms with van der Waals surface area (Å²) in [4.78, 5) is 15.1. The summed E-state index contributed by atoms with van der Waals surface area (Å²) in [5, 5.41) is 2.91. The van der Waals surface area contributed by atoms with Crippen molar-refractivity contribution < 1.29 is 4.79 Å². The van der Waals surface area contributed by atoms with Crippen LogP contribution in [0.2, 0.25) is 0 Å². The van der Waals surface area contributed by atoms with Crippen molar-refractivity contribution in [2.24, 2.45) is 4.99 Å². The minimum absolute atomic E-state index is 0.0214. The molecule has 3 nitrogen and oxygen atoms in total. The molecule has 1 fully saturated rings. The van der Waals surface area contributed by atoms with Crippen LogP contribution in [0.4, 0.5) is 0 Å². The molecule has 60 valence electrons. The van der Waals surface area contributed by atoms with E-state index in [0.717, 1.165) is 12.8 Å². The van der Waals surface area contributed by atoms with Gasteiger partial charge in [-0.25, -0.2) is 0 Å². The highest BCUT2D eigenvalue weighted by Crippen LogP contribution is 2.30. The van der Waals surface area contributed by atoms with Crippen LogP contribution in [0.5, 0.6) is 0 Å².